The van der Waals surface area contributed by atoms with Crippen molar-refractivity contribution in [2.24, 2.45) is 0 Å². The van der Waals surface area contributed by atoms with E-state index in [9.17, 15) is 15.2 Å². The van der Waals surface area contributed by atoms with E-state index in [2.05, 4.69) is 10.3 Å². The van der Waals surface area contributed by atoms with Crippen LogP contribution in [0, 0.1) is 10.1 Å². The highest BCUT2D eigenvalue weighted by molar-refractivity contribution is 5.95. The van der Waals surface area contributed by atoms with Crippen LogP contribution >= 0.6 is 0 Å². The lowest BCUT2D eigenvalue weighted by Gasteiger charge is -2.18. The average molecular weight is 275 g/mol. The molecule has 20 heavy (non-hydrogen) atoms. The molecule has 6 heteroatoms. The molecule has 6 nitrogen and oxygen atoms in total. The van der Waals surface area contributed by atoms with Crippen molar-refractivity contribution >= 4 is 22.3 Å². The van der Waals surface area contributed by atoms with E-state index in [0.29, 0.717) is 16.6 Å². The molecule has 0 bridgehead atoms. The topological polar surface area (TPSA) is 88.3 Å². The molecule has 1 aromatic heterocycles. The molecule has 0 aliphatic carbocycles. The molecule has 0 aliphatic heterocycles. The minimum absolute atomic E-state index is 0.0678. The second-order valence-corrected chi connectivity index (χ2v) is 4.61. The van der Waals surface area contributed by atoms with Crippen molar-refractivity contribution < 1.29 is 10.0 Å². The van der Waals surface area contributed by atoms with E-state index in [-0.39, 0.29) is 18.3 Å². The molecule has 1 aromatic carbocycles. The number of benzene rings is 1. The number of hydrogen-bond donors (Lipinski definition) is 2. The maximum Gasteiger partial charge on any atom is 0.311 e. The summed E-state index contributed by atoms with van der Waals surface area (Å²) in [6.07, 6.45) is 2.88. The van der Waals surface area contributed by atoms with Crippen LogP contribution in [0.15, 0.2) is 30.5 Å². The lowest BCUT2D eigenvalue weighted by atomic mass is 10.1. The molecule has 0 saturated carbocycles. The first kappa shape index (κ1) is 14.2. The summed E-state index contributed by atoms with van der Waals surface area (Å²) in [6, 6.07) is 7.04. The molecule has 2 N–H and O–H groups in total. The summed E-state index contributed by atoms with van der Waals surface area (Å²) in [7, 11) is 0. The van der Waals surface area contributed by atoms with Crippen LogP contribution in [0.2, 0.25) is 0 Å². The fourth-order valence-corrected chi connectivity index (χ4v) is 2.18. The zero-order valence-corrected chi connectivity index (χ0v) is 11.2. The minimum Gasteiger partial charge on any atom is -0.394 e. The van der Waals surface area contributed by atoms with Crippen molar-refractivity contribution in [3.63, 3.8) is 0 Å². The highest BCUT2D eigenvalue weighted by Gasteiger charge is 2.20. The number of rotatable bonds is 6. The quantitative estimate of drug-likeness (QED) is 0.625. The molecule has 106 valence electrons. The summed E-state index contributed by atoms with van der Waals surface area (Å²) in [5.41, 5.74) is 1.04. The highest BCUT2D eigenvalue weighted by atomic mass is 16.6. The Bertz CT molecular complexity index is 616. The van der Waals surface area contributed by atoms with Crippen molar-refractivity contribution in [1.29, 1.82) is 0 Å². The largest absolute Gasteiger partial charge is 0.394 e. The maximum atomic E-state index is 11.2. The Hall–Kier alpha value is -2.21. The van der Waals surface area contributed by atoms with Gasteiger partial charge in [-0.05, 0) is 12.5 Å². The van der Waals surface area contributed by atoms with Gasteiger partial charge in [-0.2, -0.15) is 0 Å². The fourth-order valence-electron chi connectivity index (χ4n) is 2.18. The first-order chi connectivity index (χ1) is 9.67. The van der Waals surface area contributed by atoms with Gasteiger partial charge >= 0.3 is 5.69 Å². The Morgan fingerprint density at radius 2 is 2.20 bits per heavy atom. The van der Waals surface area contributed by atoms with E-state index in [1.165, 1.54) is 6.20 Å². The number of aromatic nitrogens is 1. The van der Waals surface area contributed by atoms with Gasteiger partial charge in [-0.15, -0.1) is 0 Å². The highest BCUT2D eigenvalue weighted by Crippen LogP contribution is 2.32. The summed E-state index contributed by atoms with van der Waals surface area (Å²) in [6.45, 7) is 1.94. The molecule has 0 spiro atoms. The van der Waals surface area contributed by atoms with Gasteiger partial charge in [0.1, 0.15) is 11.9 Å². The summed E-state index contributed by atoms with van der Waals surface area (Å²) >= 11 is 0. The fraction of sp³-hybridized carbons (Fsp3) is 0.357. The number of fused-ring (bicyclic) bond motifs is 1. The van der Waals surface area contributed by atoms with Crippen molar-refractivity contribution in [2.75, 3.05) is 11.9 Å². The van der Waals surface area contributed by atoms with Crippen LogP contribution in [0.5, 0.6) is 0 Å². The van der Waals surface area contributed by atoms with Crippen molar-refractivity contribution in [3.8, 4) is 0 Å². The van der Waals surface area contributed by atoms with Gasteiger partial charge in [0.15, 0.2) is 0 Å². The second-order valence-electron chi connectivity index (χ2n) is 4.61. The average Bonchev–Trinajstić information content (AvgIpc) is 2.46. The van der Waals surface area contributed by atoms with E-state index in [0.717, 1.165) is 12.8 Å². The van der Waals surface area contributed by atoms with Gasteiger partial charge in [-0.1, -0.05) is 31.5 Å². The molecular weight excluding hydrogens is 258 g/mol. The third kappa shape index (κ3) is 2.85. The predicted molar refractivity (Wildman–Crippen MR) is 77.8 cm³/mol. The van der Waals surface area contributed by atoms with Gasteiger partial charge in [-0.25, -0.2) is 4.98 Å². The van der Waals surface area contributed by atoms with Gasteiger partial charge in [0.05, 0.1) is 17.0 Å². The van der Waals surface area contributed by atoms with E-state index < -0.39 is 4.92 Å². The van der Waals surface area contributed by atoms with Crippen molar-refractivity contribution in [1.82, 2.24) is 4.98 Å². The number of hydrogen-bond acceptors (Lipinski definition) is 5. The predicted octanol–water partition coefficient (Wildman–Crippen LogP) is 2.72. The summed E-state index contributed by atoms with van der Waals surface area (Å²) < 4.78 is 0. The number of anilines is 1. The maximum absolute atomic E-state index is 11.2. The Morgan fingerprint density at radius 3 is 2.85 bits per heavy atom. The Labute approximate surface area is 116 Å². The van der Waals surface area contributed by atoms with E-state index >= 15 is 0 Å². The minimum atomic E-state index is -0.456. The molecule has 1 heterocycles. The van der Waals surface area contributed by atoms with Gasteiger partial charge in [0, 0.05) is 11.4 Å². The summed E-state index contributed by atoms with van der Waals surface area (Å²) in [4.78, 5) is 14.8. The molecule has 2 aromatic rings. The number of aliphatic hydroxyl groups is 1. The molecule has 1 atom stereocenters. The number of nitrogens with one attached hydrogen (secondary N) is 1. The van der Waals surface area contributed by atoms with Crippen LogP contribution in [0.25, 0.3) is 10.9 Å². The third-order valence-electron chi connectivity index (χ3n) is 3.16. The molecule has 0 saturated heterocycles. The number of para-hydroxylation sites is 1. The number of nitrogens with zero attached hydrogens (tertiary/aromatic N) is 2. The normalized spacial score (nSPS) is 12.3. The van der Waals surface area contributed by atoms with Crippen LogP contribution in [-0.4, -0.2) is 27.7 Å². The zero-order valence-electron chi connectivity index (χ0n) is 11.2. The third-order valence-corrected chi connectivity index (χ3v) is 3.16. The van der Waals surface area contributed by atoms with Gasteiger partial charge in [0.25, 0.3) is 0 Å². The Kier molecular flexibility index (Phi) is 4.47. The standard InChI is InChI=1S/C14H17N3O3/c1-2-5-10(9-18)16-14-11-6-3-4-7-12(11)15-8-13(14)17(19)20/h3-4,6-8,10,18H,2,5,9H2,1H3,(H,15,16). The zero-order chi connectivity index (χ0) is 14.5. The number of pyridine rings is 1. The summed E-state index contributed by atoms with van der Waals surface area (Å²) in [5, 5.41) is 24.3. The van der Waals surface area contributed by atoms with Gasteiger partial charge in [-0.3, -0.25) is 10.1 Å². The molecule has 2 rings (SSSR count). The van der Waals surface area contributed by atoms with Crippen molar-refractivity contribution in [3.05, 3.63) is 40.6 Å². The molecule has 0 amide bonds. The van der Waals surface area contributed by atoms with Crippen LogP contribution in [-0.2, 0) is 0 Å². The van der Waals surface area contributed by atoms with Crippen LogP contribution in [0.4, 0.5) is 11.4 Å². The monoisotopic (exact) mass is 275 g/mol. The van der Waals surface area contributed by atoms with Gasteiger partial charge < -0.3 is 10.4 Å². The van der Waals surface area contributed by atoms with Crippen LogP contribution in [0.3, 0.4) is 0 Å². The summed E-state index contributed by atoms with van der Waals surface area (Å²) in [5.74, 6) is 0. The van der Waals surface area contributed by atoms with Crippen LogP contribution < -0.4 is 5.32 Å². The Morgan fingerprint density at radius 1 is 1.45 bits per heavy atom. The lowest BCUT2D eigenvalue weighted by Crippen LogP contribution is -2.24. The molecule has 0 radical (unpaired) electrons. The SMILES string of the molecule is CCCC(CO)Nc1c([N+](=O)[O-])cnc2ccccc12. The van der Waals surface area contributed by atoms with E-state index in [4.69, 9.17) is 0 Å². The van der Waals surface area contributed by atoms with E-state index in [1.807, 2.05) is 19.1 Å². The number of aliphatic hydroxyl groups excluding tert-OH is 1. The molecular formula is C14H17N3O3. The number of nitro groups is 1. The molecule has 1 unspecified atom stereocenters. The first-order valence-electron chi connectivity index (χ1n) is 6.57. The van der Waals surface area contributed by atoms with Gasteiger partial charge in [0.2, 0.25) is 0 Å². The molecule has 0 fully saturated rings. The van der Waals surface area contributed by atoms with Crippen LogP contribution in [0.1, 0.15) is 19.8 Å². The lowest BCUT2D eigenvalue weighted by molar-refractivity contribution is -0.384. The first-order valence-corrected chi connectivity index (χ1v) is 6.57. The van der Waals surface area contributed by atoms with E-state index in [1.54, 1.807) is 12.1 Å². The second kappa shape index (κ2) is 6.29. The smallest absolute Gasteiger partial charge is 0.311 e. The molecule has 0 aliphatic rings. The Balaban J connectivity index is 2.51. The van der Waals surface area contributed by atoms with Crippen molar-refractivity contribution in [2.45, 2.75) is 25.8 Å².